The summed E-state index contributed by atoms with van der Waals surface area (Å²) in [5, 5.41) is 5.82. The van der Waals surface area contributed by atoms with Crippen LogP contribution < -0.4 is 20.9 Å². The first-order valence-corrected chi connectivity index (χ1v) is 12.1. The van der Waals surface area contributed by atoms with E-state index in [9.17, 15) is 19.2 Å². The van der Waals surface area contributed by atoms with E-state index in [0.717, 1.165) is 12.0 Å². The number of carbonyl (C=O) groups is 3. The van der Waals surface area contributed by atoms with E-state index in [-0.39, 0.29) is 48.0 Å². The lowest BCUT2D eigenvalue weighted by Gasteiger charge is -2.22. The molecule has 1 aromatic heterocycles. The average molecular weight is 481 g/mol. The molecule has 3 heterocycles. The number of amides is 3. The van der Waals surface area contributed by atoms with Crippen molar-refractivity contribution < 1.29 is 19.1 Å². The molecule has 2 aliphatic heterocycles. The van der Waals surface area contributed by atoms with Gasteiger partial charge in [0.2, 0.25) is 5.91 Å². The molecule has 9 heteroatoms. The van der Waals surface area contributed by atoms with Crippen molar-refractivity contribution in [3.8, 4) is 5.75 Å². The third-order valence-corrected chi connectivity index (χ3v) is 6.67. The van der Waals surface area contributed by atoms with E-state index >= 15 is 0 Å². The van der Waals surface area contributed by atoms with Crippen molar-refractivity contribution in [1.29, 1.82) is 0 Å². The minimum absolute atomic E-state index is 0.109. The molecule has 2 N–H and O–H groups in total. The van der Waals surface area contributed by atoms with Crippen LogP contribution in [-0.4, -0.2) is 53.9 Å². The zero-order chi connectivity index (χ0) is 25.1. The SMILES string of the molecule is COc1cc(=O)n2c(c1C(=O)NCCC(C)C)CCN(C(=O)C[C@H]1NC(=O)c3ccccc31)CC2. The second-order valence-corrected chi connectivity index (χ2v) is 9.41. The van der Waals surface area contributed by atoms with Gasteiger partial charge >= 0.3 is 0 Å². The summed E-state index contributed by atoms with van der Waals surface area (Å²) in [5.41, 5.74) is 2.08. The molecule has 0 aliphatic carbocycles. The topological polar surface area (TPSA) is 110 Å². The van der Waals surface area contributed by atoms with E-state index in [1.54, 1.807) is 21.6 Å². The molecule has 0 fully saturated rings. The Morgan fingerprint density at radius 3 is 2.69 bits per heavy atom. The summed E-state index contributed by atoms with van der Waals surface area (Å²) in [7, 11) is 1.44. The van der Waals surface area contributed by atoms with Crippen molar-refractivity contribution in [2.75, 3.05) is 26.7 Å². The molecule has 1 aromatic carbocycles. The summed E-state index contributed by atoms with van der Waals surface area (Å²) >= 11 is 0. The Bertz CT molecular complexity index is 1200. The van der Waals surface area contributed by atoms with Crippen LogP contribution in [0.4, 0.5) is 0 Å². The minimum atomic E-state index is -0.373. The van der Waals surface area contributed by atoms with Gasteiger partial charge in [-0.05, 0) is 24.0 Å². The molecule has 35 heavy (non-hydrogen) atoms. The lowest BCUT2D eigenvalue weighted by atomic mass is 10.0. The number of hydrogen-bond donors (Lipinski definition) is 2. The predicted molar refractivity (Wildman–Crippen MR) is 131 cm³/mol. The number of aromatic nitrogens is 1. The largest absolute Gasteiger partial charge is 0.496 e. The van der Waals surface area contributed by atoms with E-state index in [4.69, 9.17) is 4.74 Å². The predicted octanol–water partition coefficient (Wildman–Crippen LogP) is 1.89. The number of nitrogens with one attached hydrogen (secondary N) is 2. The van der Waals surface area contributed by atoms with Gasteiger partial charge in [0.25, 0.3) is 17.4 Å². The Kier molecular flexibility index (Phi) is 7.23. The van der Waals surface area contributed by atoms with Crippen LogP contribution in [0.25, 0.3) is 0 Å². The van der Waals surface area contributed by atoms with Gasteiger partial charge in [0.1, 0.15) is 11.3 Å². The molecule has 1 atom stereocenters. The minimum Gasteiger partial charge on any atom is -0.496 e. The number of methoxy groups -OCH3 is 1. The number of hydrogen-bond acceptors (Lipinski definition) is 5. The lowest BCUT2D eigenvalue weighted by Crippen LogP contribution is -2.36. The molecule has 0 saturated carbocycles. The average Bonchev–Trinajstić information content (AvgIpc) is 2.99. The number of pyridine rings is 1. The third kappa shape index (κ3) is 5.08. The quantitative estimate of drug-likeness (QED) is 0.629. The van der Waals surface area contributed by atoms with Crippen LogP contribution in [0.15, 0.2) is 35.1 Å². The molecule has 186 valence electrons. The number of nitrogens with zero attached hydrogens (tertiary/aromatic N) is 2. The van der Waals surface area contributed by atoms with Gasteiger partial charge in [-0.1, -0.05) is 32.0 Å². The number of benzene rings is 1. The standard InChI is InChI=1S/C26H32N4O5/c1-16(2)8-10-27-26(34)24-20-9-11-29(12-13-30(20)23(32)15-21(24)35-3)22(31)14-19-17-6-4-5-7-18(17)25(33)28-19/h4-7,15-16,19H,8-14H2,1-3H3,(H,27,34)(H,28,33)/t19-/m1/s1. The highest BCUT2D eigenvalue weighted by molar-refractivity contribution is 6.00. The molecule has 2 aliphatic rings. The van der Waals surface area contributed by atoms with Gasteiger partial charge in [0.15, 0.2) is 0 Å². The fourth-order valence-corrected chi connectivity index (χ4v) is 4.75. The Morgan fingerprint density at radius 1 is 1.17 bits per heavy atom. The third-order valence-electron chi connectivity index (χ3n) is 6.67. The maximum Gasteiger partial charge on any atom is 0.256 e. The first-order chi connectivity index (χ1) is 16.8. The number of rotatable bonds is 7. The Labute approximate surface area is 204 Å². The van der Waals surface area contributed by atoms with Gasteiger partial charge in [0, 0.05) is 49.9 Å². The molecule has 3 amide bonds. The highest BCUT2D eigenvalue weighted by Crippen LogP contribution is 2.29. The van der Waals surface area contributed by atoms with Gasteiger partial charge < -0.3 is 24.8 Å². The van der Waals surface area contributed by atoms with Crippen molar-refractivity contribution in [1.82, 2.24) is 20.1 Å². The van der Waals surface area contributed by atoms with E-state index < -0.39 is 0 Å². The van der Waals surface area contributed by atoms with Gasteiger partial charge in [-0.25, -0.2) is 0 Å². The van der Waals surface area contributed by atoms with E-state index in [1.807, 2.05) is 12.1 Å². The molecule has 4 rings (SSSR count). The first kappa shape index (κ1) is 24.5. The van der Waals surface area contributed by atoms with Gasteiger partial charge in [-0.3, -0.25) is 19.2 Å². The summed E-state index contributed by atoms with van der Waals surface area (Å²) in [6.45, 7) is 5.68. The molecule has 9 nitrogen and oxygen atoms in total. The Hall–Kier alpha value is -3.62. The molecule has 2 aromatic rings. The Balaban J connectivity index is 1.52. The van der Waals surface area contributed by atoms with Crippen molar-refractivity contribution in [3.63, 3.8) is 0 Å². The highest BCUT2D eigenvalue weighted by Gasteiger charge is 2.32. The summed E-state index contributed by atoms with van der Waals surface area (Å²) in [6, 6.07) is 8.24. The van der Waals surface area contributed by atoms with Gasteiger partial charge in [0.05, 0.1) is 19.6 Å². The summed E-state index contributed by atoms with van der Waals surface area (Å²) in [5.74, 6) is 0.129. The van der Waals surface area contributed by atoms with E-state index in [0.29, 0.717) is 48.8 Å². The first-order valence-electron chi connectivity index (χ1n) is 12.1. The maximum absolute atomic E-state index is 13.2. The molecule has 0 spiro atoms. The van der Waals surface area contributed by atoms with E-state index in [1.165, 1.54) is 13.2 Å². The number of ether oxygens (including phenoxy) is 1. The van der Waals surface area contributed by atoms with Crippen LogP contribution >= 0.6 is 0 Å². The summed E-state index contributed by atoms with van der Waals surface area (Å²) < 4.78 is 6.96. The summed E-state index contributed by atoms with van der Waals surface area (Å²) in [4.78, 5) is 53.0. The molecule has 0 unspecified atom stereocenters. The van der Waals surface area contributed by atoms with Gasteiger partial charge in [-0.15, -0.1) is 0 Å². The molecular formula is C26H32N4O5. The van der Waals surface area contributed by atoms with Crippen LogP contribution in [-0.2, 0) is 17.8 Å². The van der Waals surface area contributed by atoms with E-state index in [2.05, 4.69) is 24.5 Å². The van der Waals surface area contributed by atoms with Crippen LogP contribution in [0, 0.1) is 5.92 Å². The molecule has 0 radical (unpaired) electrons. The molecule has 0 saturated heterocycles. The maximum atomic E-state index is 13.2. The second kappa shape index (κ2) is 10.3. The smallest absolute Gasteiger partial charge is 0.256 e. The molecular weight excluding hydrogens is 448 g/mol. The van der Waals surface area contributed by atoms with Gasteiger partial charge in [-0.2, -0.15) is 0 Å². The normalized spacial score (nSPS) is 16.9. The summed E-state index contributed by atoms with van der Waals surface area (Å²) in [6.07, 6.45) is 1.32. The van der Waals surface area contributed by atoms with Crippen molar-refractivity contribution in [3.05, 3.63) is 63.1 Å². The lowest BCUT2D eigenvalue weighted by molar-refractivity contribution is -0.131. The zero-order valence-electron chi connectivity index (χ0n) is 20.4. The Morgan fingerprint density at radius 2 is 1.94 bits per heavy atom. The van der Waals surface area contributed by atoms with Crippen molar-refractivity contribution in [2.45, 2.75) is 45.7 Å². The van der Waals surface area contributed by atoms with Crippen LogP contribution in [0.5, 0.6) is 5.75 Å². The fourth-order valence-electron chi connectivity index (χ4n) is 4.75. The van der Waals surface area contributed by atoms with Crippen molar-refractivity contribution in [2.24, 2.45) is 5.92 Å². The van der Waals surface area contributed by atoms with Crippen molar-refractivity contribution >= 4 is 17.7 Å². The van der Waals surface area contributed by atoms with Crippen LogP contribution in [0.3, 0.4) is 0 Å². The monoisotopic (exact) mass is 480 g/mol. The molecule has 0 bridgehead atoms. The second-order valence-electron chi connectivity index (χ2n) is 9.41. The number of fused-ring (bicyclic) bond motifs is 2. The number of carbonyl (C=O) groups excluding carboxylic acids is 3. The van der Waals surface area contributed by atoms with Crippen LogP contribution in [0.1, 0.15) is 64.7 Å². The highest BCUT2D eigenvalue weighted by atomic mass is 16.5. The zero-order valence-corrected chi connectivity index (χ0v) is 20.4. The fraction of sp³-hybridized carbons (Fsp3) is 0.462. The van der Waals surface area contributed by atoms with Crippen LogP contribution in [0.2, 0.25) is 0 Å².